The van der Waals surface area contributed by atoms with Crippen LogP contribution in [0.4, 0.5) is 0 Å². The molecule has 108 valence electrons. The average Bonchev–Trinajstić information content (AvgIpc) is 2.42. The van der Waals surface area contributed by atoms with Crippen molar-refractivity contribution < 1.29 is 18.3 Å². The van der Waals surface area contributed by atoms with Gasteiger partial charge in [-0.2, -0.15) is 0 Å². The van der Waals surface area contributed by atoms with Crippen molar-refractivity contribution in [2.45, 2.75) is 24.7 Å². The molecule has 1 aromatic rings. The highest BCUT2D eigenvalue weighted by Crippen LogP contribution is 2.19. The predicted molar refractivity (Wildman–Crippen MR) is 73.7 cm³/mol. The minimum Gasteiger partial charge on any atom is -0.491 e. The average molecular weight is 287 g/mol. The van der Waals surface area contributed by atoms with Crippen molar-refractivity contribution >= 4 is 10.0 Å². The van der Waals surface area contributed by atoms with E-state index in [1.807, 2.05) is 6.92 Å². The first kappa shape index (κ1) is 15.9. The number of nitrogens with zero attached hydrogens (tertiary/aromatic N) is 1. The van der Waals surface area contributed by atoms with Gasteiger partial charge in [0.15, 0.2) is 0 Å². The molecular weight excluding hydrogens is 266 g/mol. The van der Waals surface area contributed by atoms with Crippen LogP contribution in [0.15, 0.2) is 29.2 Å². The summed E-state index contributed by atoms with van der Waals surface area (Å²) in [5, 5.41) is 8.64. The van der Waals surface area contributed by atoms with Gasteiger partial charge in [0.25, 0.3) is 0 Å². The minimum absolute atomic E-state index is 0.0696. The van der Waals surface area contributed by atoms with E-state index >= 15 is 0 Å². The lowest BCUT2D eigenvalue weighted by atomic mass is 10.3. The first-order chi connectivity index (χ1) is 9.02. The SMILES string of the molecule is CCCCN(C)S(=O)(=O)c1ccc(OCCO)cc1. The third-order valence-corrected chi connectivity index (χ3v) is 4.59. The van der Waals surface area contributed by atoms with Crippen LogP contribution in [0.5, 0.6) is 5.75 Å². The van der Waals surface area contributed by atoms with Crippen LogP contribution in [-0.2, 0) is 10.0 Å². The van der Waals surface area contributed by atoms with E-state index < -0.39 is 10.0 Å². The Bertz CT molecular complexity index is 470. The van der Waals surface area contributed by atoms with Crippen LogP contribution in [0.1, 0.15) is 19.8 Å². The standard InChI is InChI=1S/C13H21NO4S/c1-3-4-9-14(2)19(16,17)13-7-5-12(6-8-13)18-11-10-15/h5-8,15H,3-4,9-11H2,1-2H3. The maximum absolute atomic E-state index is 12.2. The zero-order valence-corrected chi connectivity index (χ0v) is 12.2. The molecule has 1 N–H and O–H groups in total. The Morgan fingerprint density at radius 2 is 1.89 bits per heavy atom. The van der Waals surface area contributed by atoms with Crippen LogP contribution in [0.3, 0.4) is 0 Å². The Balaban J connectivity index is 2.78. The summed E-state index contributed by atoms with van der Waals surface area (Å²) < 4.78 is 31.0. The van der Waals surface area contributed by atoms with E-state index in [-0.39, 0.29) is 18.1 Å². The molecule has 1 rings (SSSR count). The molecule has 0 aliphatic rings. The summed E-state index contributed by atoms with van der Waals surface area (Å²) in [6.45, 7) is 2.66. The van der Waals surface area contributed by atoms with Crippen LogP contribution < -0.4 is 4.74 Å². The van der Waals surface area contributed by atoms with Crippen molar-refractivity contribution in [1.29, 1.82) is 0 Å². The molecule has 0 unspecified atom stereocenters. The topological polar surface area (TPSA) is 66.8 Å². The summed E-state index contributed by atoms with van der Waals surface area (Å²) in [4.78, 5) is 0.252. The van der Waals surface area contributed by atoms with E-state index in [2.05, 4.69) is 0 Å². The Morgan fingerprint density at radius 1 is 1.26 bits per heavy atom. The second-order valence-electron chi connectivity index (χ2n) is 4.22. The first-order valence-electron chi connectivity index (χ1n) is 6.32. The summed E-state index contributed by atoms with van der Waals surface area (Å²) in [5.74, 6) is 0.546. The minimum atomic E-state index is -3.42. The fraction of sp³-hybridized carbons (Fsp3) is 0.538. The van der Waals surface area contributed by atoms with Crippen molar-refractivity contribution in [1.82, 2.24) is 4.31 Å². The number of ether oxygens (including phenoxy) is 1. The number of sulfonamides is 1. The van der Waals surface area contributed by atoms with Crippen LogP contribution >= 0.6 is 0 Å². The second-order valence-corrected chi connectivity index (χ2v) is 6.27. The molecule has 0 fully saturated rings. The van der Waals surface area contributed by atoms with Gasteiger partial charge in [-0.05, 0) is 30.7 Å². The molecule has 0 aromatic heterocycles. The number of rotatable bonds is 8. The highest BCUT2D eigenvalue weighted by atomic mass is 32.2. The number of aliphatic hydroxyl groups excluding tert-OH is 1. The summed E-state index contributed by atoms with van der Waals surface area (Å²) >= 11 is 0. The van der Waals surface area contributed by atoms with Gasteiger partial charge in [-0.25, -0.2) is 12.7 Å². The van der Waals surface area contributed by atoms with E-state index in [0.717, 1.165) is 12.8 Å². The molecule has 0 radical (unpaired) electrons. The molecular formula is C13H21NO4S. The Kier molecular flexibility index (Phi) is 6.27. The number of aliphatic hydroxyl groups is 1. The first-order valence-corrected chi connectivity index (χ1v) is 7.76. The Labute approximate surface area is 114 Å². The van der Waals surface area contributed by atoms with Gasteiger partial charge < -0.3 is 9.84 Å². The number of hydrogen-bond acceptors (Lipinski definition) is 4. The molecule has 0 amide bonds. The lowest BCUT2D eigenvalue weighted by molar-refractivity contribution is 0.201. The monoisotopic (exact) mass is 287 g/mol. The van der Waals surface area contributed by atoms with Crippen LogP contribution in [-0.4, -0.2) is 44.6 Å². The zero-order valence-electron chi connectivity index (χ0n) is 11.4. The lowest BCUT2D eigenvalue weighted by Gasteiger charge is -2.17. The van der Waals surface area contributed by atoms with Gasteiger partial charge >= 0.3 is 0 Å². The van der Waals surface area contributed by atoms with Crippen LogP contribution in [0, 0.1) is 0 Å². The number of hydrogen-bond donors (Lipinski definition) is 1. The molecule has 1 aromatic carbocycles. The van der Waals surface area contributed by atoms with Gasteiger partial charge in [0.1, 0.15) is 12.4 Å². The maximum Gasteiger partial charge on any atom is 0.242 e. The molecule has 0 aliphatic heterocycles. The van der Waals surface area contributed by atoms with E-state index in [1.165, 1.54) is 16.4 Å². The third kappa shape index (κ3) is 4.49. The molecule has 0 spiro atoms. The van der Waals surface area contributed by atoms with Gasteiger partial charge in [0.05, 0.1) is 11.5 Å². The largest absolute Gasteiger partial charge is 0.491 e. The summed E-state index contributed by atoms with van der Waals surface area (Å²) in [6.07, 6.45) is 1.79. The van der Waals surface area contributed by atoms with E-state index in [1.54, 1.807) is 19.2 Å². The van der Waals surface area contributed by atoms with Crippen LogP contribution in [0.2, 0.25) is 0 Å². The van der Waals surface area contributed by atoms with E-state index in [4.69, 9.17) is 9.84 Å². The van der Waals surface area contributed by atoms with Gasteiger partial charge in [-0.3, -0.25) is 0 Å². The van der Waals surface area contributed by atoms with Gasteiger partial charge in [-0.1, -0.05) is 13.3 Å². The maximum atomic E-state index is 12.2. The van der Waals surface area contributed by atoms with Crippen molar-refractivity contribution in [3.8, 4) is 5.75 Å². The smallest absolute Gasteiger partial charge is 0.242 e. The van der Waals surface area contributed by atoms with Crippen molar-refractivity contribution in [2.75, 3.05) is 26.8 Å². The normalized spacial score (nSPS) is 11.8. The lowest BCUT2D eigenvalue weighted by Crippen LogP contribution is -2.27. The summed E-state index contributed by atoms with van der Waals surface area (Å²) in [5.41, 5.74) is 0. The molecule has 19 heavy (non-hydrogen) atoms. The van der Waals surface area contributed by atoms with E-state index in [9.17, 15) is 8.42 Å². The van der Waals surface area contributed by atoms with Gasteiger partial charge in [0, 0.05) is 13.6 Å². The van der Waals surface area contributed by atoms with E-state index in [0.29, 0.717) is 12.3 Å². The Morgan fingerprint density at radius 3 is 2.42 bits per heavy atom. The van der Waals surface area contributed by atoms with Crippen LogP contribution in [0.25, 0.3) is 0 Å². The number of unbranched alkanes of at least 4 members (excludes halogenated alkanes) is 1. The molecule has 0 bridgehead atoms. The molecule has 0 aliphatic carbocycles. The molecule has 0 atom stereocenters. The molecule has 0 saturated carbocycles. The second kappa shape index (κ2) is 7.47. The highest BCUT2D eigenvalue weighted by molar-refractivity contribution is 7.89. The molecule has 0 saturated heterocycles. The van der Waals surface area contributed by atoms with Crippen molar-refractivity contribution in [3.63, 3.8) is 0 Å². The molecule has 5 nitrogen and oxygen atoms in total. The fourth-order valence-corrected chi connectivity index (χ4v) is 2.76. The zero-order chi connectivity index (χ0) is 14.3. The van der Waals surface area contributed by atoms with Gasteiger partial charge in [-0.15, -0.1) is 0 Å². The van der Waals surface area contributed by atoms with Crippen molar-refractivity contribution in [2.24, 2.45) is 0 Å². The van der Waals surface area contributed by atoms with Crippen molar-refractivity contribution in [3.05, 3.63) is 24.3 Å². The quantitative estimate of drug-likeness (QED) is 0.786. The summed E-state index contributed by atoms with van der Waals surface area (Å²) in [6, 6.07) is 6.22. The molecule has 0 heterocycles. The summed E-state index contributed by atoms with van der Waals surface area (Å²) in [7, 11) is -1.84. The van der Waals surface area contributed by atoms with Gasteiger partial charge in [0.2, 0.25) is 10.0 Å². The Hall–Kier alpha value is -1.11. The number of benzene rings is 1. The predicted octanol–water partition coefficient (Wildman–Crippen LogP) is 1.48. The third-order valence-electron chi connectivity index (χ3n) is 2.72. The fourth-order valence-electron chi connectivity index (χ4n) is 1.55. The highest BCUT2D eigenvalue weighted by Gasteiger charge is 2.19. The molecule has 6 heteroatoms.